The normalized spacial score (nSPS) is 10.7. The van der Waals surface area contributed by atoms with E-state index in [9.17, 15) is 9.59 Å². The number of fused-ring (bicyclic) bond motifs is 1. The first-order valence-electron chi connectivity index (χ1n) is 8.31. The minimum Gasteiger partial charge on any atom is -0.439 e. The zero-order valence-electron chi connectivity index (χ0n) is 14.1. The SMILES string of the molecule is O=C(Nc1oc2ccccc2c(=O)c1-c1ccc(Br)cc1)c1ccccc1. The highest BCUT2D eigenvalue weighted by atomic mass is 79.9. The summed E-state index contributed by atoms with van der Waals surface area (Å²) in [4.78, 5) is 25.7. The predicted molar refractivity (Wildman–Crippen MR) is 110 cm³/mol. The molecule has 0 aliphatic heterocycles. The van der Waals surface area contributed by atoms with Gasteiger partial charge >= 0.3 is 0 Å². The quantitative estimate of drug-likeness (QED) is 0.478. The highest BCUT2D eigenvalue weighted by Gasteiger charge is 2.18. The Morgan fingerprint density at radius 2 is 1.52 bits per heavy atom. The van der Waals surface area contributed by atoms with Crippen LogP contribution < -0.4 is 10.7 Å². The van der Waals surface area contributed by atoms with Crippen molar-refractivity contribution in [3.63, 3.8) is 0 Å². The second-order valence-electron chi connectivity index (χ2n) is 5.96. The van der Waals surface area contributed by atoms with Gasteiger partial charge in [0.1, 0.15) is 5.58 Å². The lowest BCUT2D eigenvalue weighted by Crippen LogP contribution is -2.16. The molecule has 27 heavy (non-hydrogen) atoms. The number of amides is 1. The number of hydrogen-bond donors (Lipinski definition) is 1. The molecule has 1 aromatic heterocycles. The molecule has 1 heterocycles. The third kappa shape index (κ3) is 3.41. The molecule has 0 bridgehead atoms. The zero-order valence-corrected chi connectivity index (χ0v) is 15.7. The summed E-state index contributed by atoms with van der Waals surface area (Å²) in [5, 5.41) is 3.22. The van der Waals surface area contributed by atoms with Crippen molar-refractivity contribution in [1.82, 2.24) is 0 Å². The van der Waals surface area contributed by atoms with Crippen molar-refractivity contribution in [1.29, 1.82) is 0 Å². The van der Waals surface area contributed by atoms with Crippen LogP contribution in [0.25, 0.3) is 22.1 Å². The number of rotatable bonds is 3. The maximum Gasteiger partial charge on any atom is 0.257 e. The molecule has 1 amide bonds. The maximum atomic E-state index is 13.1. The number of nitrogens with one attached hydrogen (secondary N) is 1. The van der Waals surface area contributed by atoms with Crippen LogP contribution in [-0.2, 0) is 0 Å². The second-order valence-corrected chi connectivity index (χ2v) is 6.87. The van der Waals surface area contributed by atoms with Crippen LogP contribution in [0.2, 0.25) is 0 Å². The summed E-state index contributed by atoms with van der Waals surface area (Å²) in [7, 11) is 0. The molecule has 0 radical (unpaired) electrons. The van der Waals surface area contributed by atoms with E-state index in [1.165, 1.54) is 0 Å². The van der Waals surface area contributed by atoms with Gasteiger partial charge in [0, 0.05) is 10.0 Å². The molecule has 0 saturated heterocycles. The van der Waals surface area contributed by atoms with Gasteiger partial charge in [-0.3, -0.25) is 14.9 Å². The highest BCUT2D eigenvalue weighted by molar-refractivity contribution is 9.10. The monoisotopic (exact) mass is 419 g/mol. The molecule has 0 fully saturated rings. The average Bonchev–Trinajstić information content (AvgIpc) is 2.70. The molecule has 4 rings (SSSR count). The Hall–Kier alpha value is -3.18. The van der Waals surface area contributed by atoms with E-state index in [-0.39, 0.29) is 17.2 Å². The van der Waals surface area contributed by atoms with E-state index in [1.807, 2.05) is 30.3 Å². The van der Waals surface area contributed by atoms with E-state index in [0.717, 1.165) is 4.47 Å². The highest BCUT2D eigenvalue weighted by Crippen LogP contribution is 2.29. The molecular weight excluding hydrogens is 406 g/mol. The summed E-state index contributed by atoms with van der Waals surface area (Å²) < 4.78 is 6.80. The van der Waals surface area contributed by atoms with Gasteiger partial charge in [-0.2, -0.15) is 0 Å². The van der Waals surface area contributed by atoms with Crippen LogP contribution in [0.3, 0.4) is 0 Å². The summed E-state index contributed by atoms with van der Waals surface area (Å²) in [6, 6.07) is 23.1. The topological polar surface area (TPSA) is 59.3 Å². The van der Waals surface area contributed by atoms with Gasteiger partial charge in [-0.25, -0.2) is 0 Å². The van der Waals surface area contributed by atoms with Crippen LogP contribution in [0.5, 0.6) is 0 Å². The van der Waals surface area contributed by atoms with E-state index in [4.69, 9.17) is 4.42 Å². The third-order valence-corrected chi connectivity index (χ3v) is 4.72. The first-order valence-corrected chi connectivity index (χ1v) is 9.11. The number of hydrogen-bond acceptors (Lipinski definition) is 3. The van der Waals surface area contributed by atoms with Gasteiger partial charge in [-0.15, -0.1) is 0 Å². The molecular formula is C22H14BrNO3. The van der Waals surface area contributed by atoms with Gasteiger partial charge < -0.3 is 4.42 Å². The van der Waals surface area contributed by atoms with Crippen molar-refractivity contribution in [2.24, 2.45) is 0 Å². The summed E-state index contributed by atoms with van der Waals surface area (Å²) in [6.45, 7) is 0. The molecule has 0 saturated carbocycles. The van der Waals surface area contributed by atoms with E-state index < -0.39 is 0 Å². The van der Waals surface area contributed by atoms with Crippen LogP contribution in [0, 0.1) is 0 Å². The Bertz CT molecular complexity index is 1180. The third-order valence-electron chi connectivity index (χ3n) is 4.19. The van der Waals surface area contributed by atoms with Crippen LogP contribution >= 0.6 is 15.9 Å². The Balaban J connectivity index is 1.90. The predicted octanol–water partition coefficient (Wildman–Crippen LogP) is 5.47. The number of carbonyl (C=O) groups is 1. The van der Waals surface area contributed by atoms with Crippen molar-refractivity contribution in [2.45, 2.75) is 0 Å². The molecule has 0 aliphatic rings. The van der Waals surface area contributed by atoms with Gasteiger partial charge in [0.15, 0.2) is 0 Å². The summed E-state index contributed by atoms with van der Waals surface area (Å²) >= 11 is 3.39. The first kappa shape index (κ1) is 17.2. The standard InChI is InChI=1S/C22H14BrNO3/c23-16-12-10-14(11-13-16)19-20(25)17-8-4-5-9-18(17)27-22(19)24-21(26)15-6-2-1-3-7-15/h1-13H,(H,24,26). The summed E-state index contributed by atoms with van der Waals surface area (Å²) in [5.41, 5.74) is 1.70. The molecule has 0 spiro atoms. The Morgan fingerprint density at radius 1 is 0.852 bits per heavy atom. The molecule has 4 aromatic rings. The Morgan fingerprint density at radius 3 is 2.26 bits per heavy atom. The van der Waals surface area contributed by atoms with Crippen molar-refractivity contribution in [3.05, 3.63) is 99.1 Å². The number of anilines is 1. The van der Waals surface area contributed by atoms with Crippen molar-refractivity contribution < 1.29 is 9.21 Å². The summed E-state index contributed by atoms with van der Waals surface area (Å²) in [5.74, 6) is -0.206. The van der Waals surface area contributed by atoms with Gasteiger partial charge in [0.25, 0.3) is 5.91 Å². The molecule has 5 heteroatoms. The second kappa shape index (κ2) is 7.21. The van der Waals surface area contributed by atoms with E-state index in [0.29, 0.717) is 27.7 Å². The molecule has 132 valence electrons. The lowest BCUT2D eigenvalue weighted by Gasteiger charge is -2.11. The van der Waals surface area contributed by atoms with Gasteiger partial charge in [0.2, 0.25) is 11.3 Å². The van der Waals surface area contributed by atoms with Crippen molar-refractivity contribution in [2.75, 3.05) is 5.32 Å². The van der Waals surface area contributed by atoms with Gasteiger partial charge in [-0.1, -0.05) is 58.4 Å². The fraction of sp³-hybridized carbons (Fsp3) is 0. The number of carbonyl (C=O) groups excluding carboxylic acids is 1. The van der Waals surface area contributed by atoms with E-state index in [2.05, 4.69) is 21.2 Å². The minimum absolute atomic E-state index is 0.134. The largest absolute Gasteiger partial charge is 0.439 e. The lowest BCUT2D eigenvalue weighted by atomic mass is 10.0. The number of halogens is 1. The zero-order chi connectivity index (χ0) is 18.8. The average molecular weight is 420 g/mol. The molecule has 0 aliphatic carbocycles. The van der Waals surface area contributed by atoms with E-state index >= 15 is 0 Å². The summed E-state index contributed by atoms with van der Waals surface area (Å²) in [6.07, 6.45) is 0. The van der Waals surface area contributed by atoms with Crippen LogP contribution in [0.1, 0.15) is 10.4 Å². The lowest BCUT2D eigenvalue weighted by molar-refractivity contribution is 0.102. The van der Waals surface area contributed by atoms with Crippen molar-refractivity contribution >= 4 is 38.7 Å². The minimum atomic E-state index is -0.340. The fourth-order valence-corrected chi connectivity index (χ4v) is 3.14. The smallest absolute Gasteiger partial charge is 0.257 e. The van der Waals surface area contributed by atoms with Crippen LogP contribution in [0.4, 0.5) is 5.88 Å². The maximum absolute atomic E-state index is 13.1. The van der Waals surface area contributed by atoms with E-state index in [1.54, 1.807) is 48.5 Å². The van der Waals surface area contributed by atoms with Gasteiger partial charge in [-0.05, 0) is 42.0 Å². The number of para-hydroxylation sites is 1. The molecule has 0 unspecified atom stereocenters. The fourth-order valence-electron chi connectivity index (χ4n) is 2.87. The van der Waals surface area contributed by atoms with Crippen LogP contribution in [-0.4, -0.2) is 5.91 Å². The number of benzene rings is 3. The molecule has 4 nitrogen and oxygen atoms in total. The molecule has 3 aromatic carbocycles. The van der Waals surface area contributed by atoms with Gasteiger partial charge in [0.05, 0.1) is 10.9 Å². The van der Waals surface area contributed by atoms with Crippen LogP contribution in [0.15, 0.2) is 92.5 Å². The molecule has 0 atom stereocenters. The Kier molecular flexibility index (Phi) is 4.60. The Labute approximate surface area is 163 Å². The molecule has 1 N–H and O–H groups in total. The first-order chi connectivity index (χ1) is 13.1. The van der Waals surface area contributed by atoms with Crippen molar-refractivity contribution in [3.8, 4) is 11.1 Å².